The van der Waals surface area contributed by atoms with Gasteiger partial charge in [0.1, 0.15) is 6.07 Å². The topological polar surface area (TPSA) is 53.8 Å². The van der Waals surface area contributed by atoms with Crippen LogP contribution in [0, 0.1) is 11.3 Å². The van der Waals surface area contributed by atoms with Crippen molar-refractivity contribution in [1.29, 1.82) is 5.26 Å². The van der Waals surface area contributed by atoms with Gasteiger partial charge < -0.3 is 0 Å². The van der Waals surface area contributed by atoms with Crippen molar-refractivity contribution in [2.24, 2.45) is 0 Å². The van der Waals surface area contributed by atoms with E-state index in [1.807, 2.05) is 6.07 Å². The molecule has 0 aliphatic heterocycles. The Balaban J connectivity index is 2.70. The van der Waals surface area contributed by atoms with Gasteiger partial charge in [-0.15, -0.1) is 11.8 Å². The second kappa shape index (κ2) is 4.11. The summed E-state index contributed by atoms with van der Waals surface area (Å²) in [7, 11) is 0. The Morgan fingerprint density at radius 3 is 3.27 bits per heavy atom. The molecular formula is C6H3N2OS2. The lowest BCUT2D eigenvalue weighted by molar-refractivity contribution is 0.560. The van der Waals surface area contributed by atoms with Gasteiger partial charge in [-0.3, -0.25) is 4.79 Å². The van der Waals surface area contributed by atoms with E-state index in [0.717, 1.165) is 4.21 Å². The van der Waals surface area contributed by atoms with Gasteiger partial charge in [0.15, 0.2) is 0 Å². The summed E-state index contributed by atoms with van der Waals surface area (Å²) in [4.78, 5) is 9.86. The van der Waals surface area contributed by atoms with Crippen LogP contribution in [0.1, 0.15) is 5.56 Å². The maximum atomic E-state index is 9.86. The molecule has 0 aliphatic rings. The number of nitriles is 1. The lowest BCUT2D eigenvalue weighted by Crippen LogP contribution is -1.77. The largest absolute Gasteiger partial charge is 0.290 e. The van der Waals surface area contributed by atoms with Crippen LogP contribution in [0.4, 0.5) is 0 Å². The third-order valence-electron chi connectivity index (χ3n) is 0.920. The number of thioether (sulfide) groups is 1. The van der Waals surface area contributed by atoms with E-state index in [4.69, 9.17) is 5.26 Å². The highest BCUT2D eigenvalue weighted by molar-refractivity contribution is 8.01. The molecule has 0 amide bonds. The molecule has 1 aromatic heterocycles. The third kappa shape index (κ3) is 2.03. The van der Waals surface area contributed by atoms with Crippen LogP contribution in [-0.4, -0.2) is 16.4 Å². The van der Waals surface area contributed by atoms with Crippen molar-refractivity contribution < 1.29 is 4.79 Å². The Bertz CT molecular complexity index is 289. The molecule has 0 atom stereocenters. The van der Waals surface area contributed by atoms with Crippen molar-refractivity contribution in [3.63, 3.8) is 0 Å². The minimum absolute atomic E-state index is 0.261. The number of hydrogen-bond donors (Lipinski definition) is 0. The van der Waals surface area contributed by atoms with Gasteiger partial charge in [0, 0.05) is 0 Å². The smallest absolute Gasteiger partial charge is 0.209 e. The molecule has 11 heavy (non-hydrogen) atoms. The van der Waals surface area contributed by atoms with Crippen LogP contribution < -0.4 is 0 Å². The standard InChI is InChI=1S/C6H3N2OS2/c7-3-5-4-8-11-6(5)10-2-1-9/h4H,2H2. The molecule has 0 fully saturated rings. The number of nitrogens with zero attached hydrogens (tertiary/aromatic N) is 2. The predicted molar refractivity (Wildman–Crippen MR) is 43.2 cm³/mol. The van der Waals surface area contributed by atoms with Crippen molar-refractivity contribution in [2.45, 2.75) is 4.21 Å². The summed E-state index contributed by atoms with van der Waals surface area (Å²) in [5, 5.41) is 8.51. The van der Waals surface area contributed by atoms with Crippen LogP contribution in [0.2, 0.25) is 0 Å². The highest BCUT2D eigenvalue weighted by atomic mass is 32.2. The van der Waals surface area contributed by atoms with Gasteiger partial charge in [0.2, 0.25) is 6.29 Å². The zero-order valence-corrected chi connectivity index (χ0v) is 7.04. The summed E-state index contributed by atoms with van der Waals surface area (Å²) in [6, 6.07) is 1.98. The molecule has 0 bridgehead atoms. The first-order chi connectivity index (χ1) is 5.38. The van der Waals surface area contributed by atoms with E-state index in [-0.39, 0.29) is 5.75 Å². The summed E-state index contributed by atoms with van der Waals surface area (Å²) < 4.78 is 4.60. The average molecular weight is 183 g/mol. The molecule has 0 spiro atoms. The zero-order chi connectivity index (χ0) is 8.10. The van der Waals surface area contributed by atoms with Gasteiger partial charge in [-0.1, -0.05) is 0 Å². The summed E-state index contributed by atoms with van der Waals surface area (Å²) in [6.07, 6.45) is 3.24. The Labute approximate surface area is 72.2 Å². The predicted octanol–water partition coefficient (Wildman–Crippen LogP) is 1.22. The minimum atomic E-state index is 0.261. The van der Waals surface area contributed by atoms with E-state index in [0.29, 0.717) is 5.56 Å². The van der Waals surface area contributed by atoms with Gasteiger partial charge >= 0.3 is 0 Å². The van der Waals surface area contributed by atoms with Gasteiger partial charge in [-0.25, -0.2) is 0 Å². The molecule has 0 unspecified atom stereocenters. The minimum Gasteiger partial charge on any atom is -0.290 e. The van der Waals surface area contributed by atoms with Crippen LogP contribution in [0.3, 0.4) is 0 Å². The van der Waals surface area contributed by atoms with Crippen LogP contribution in [0.25, 0.3) is 0 Å². The molecule has 3 nitrogen and oxygen atoms in total. The highest BCUT2D eigenvalue weighted by Crippen LogP contribution is 2.24. The van der Waals surface area contributed by atoms with E-state index < -0.39 is 0 Å². The van der Waals surface area contributed by atoms with E-state index in [1.165, 1.54) is 29.5 Å². The maximum absolute atomic E-state index is 9.86. The SMILES string of the molecule is N#Cc1cnsc1SC[C]=O. The Kier molecular flexibility index (Phi) is 3.08. The van der Waals surface area contributed by atoms with Crippen LogP contribution in [-0.2, 0) is 4.79 Å². The van der Waals surface area contributed by atoms with Crippen molar-refractivity contribution in [2.75, 3.05) is 5.75 Å². The number of hydrogen-bond acceptors (Lipinski definition) is 5. The van der Waals surface area contributed by atoms with Gasteiger partial charge in [-0.05, 0) is 11.5 Å². The fourth-order valence-corrected chi connectivity index (χ4v) is 1.91. The van der Waals surface area contributed by atoms with Gasteiger partial charge in [0.25, 0.3) is 0 Å². The average Bonchev–Trinajstić information content (AvgIpc) is 2.47. The summed E-state index contributed by atoms with van der Waals surface area (Å²) >= 11 is 2.51. The van der Waals surface area contributed by atoms with Gasteiger partial charge in [-0.2, -0.15) is 9.64 Å². The monoisotopic (exact) mass is 183 g/mol. The summed E-state index contributed by atoms with van der Waals surface area (Å²) in [6.45, 7) is 0. The van der Waals surface area contributed by atoms with E-state index in [9.17, 15) is 4.79 Å². The molecule has 0 aliphatic carbocycles. The molecular weight excluding hydrogens is 180 g/mol. The first-order valence-electron chi connectivity index (χ1n) is 2.71. The first-order valence-corrected chi connectivity index (χ1v) is 4.47. The maximum Gasteiger partial charge on any atom is 0.209 e. The molecule has 1 rings (SSSR count). The lowest BCUT2D eigenvalue weighted by atomic mass is 10.4. The van der Waals surface area contributed by atoms with Crippen molar-refractivity contribution in [3.8, 4) is 6.07 Å². The van der Waals surface area contributed by atoms with E-state index in [2.05, 4.69) is 4.37 Å². The molecule has 0 N–H and O–H groups in total. The molecule has 1 radical (unpaired) electrons. The fraction of sp³-hybridized carbons (Fsp3) is 0.167. The second-order valence-corrected chi connectivity index (χ2v) is 3.62. The Hall–Kier alpha value is -0.860. The van der Waals surface area contributed by atoms with Crippen molar-refractivity contribution in [3.05, 3.63) is 11.8 Å². The molecule has 0 saturated carbocycles. The Morgan fingerprint density at radius 1 is 1.82 bits per heavy atom. The summed E-state index contributed by atoms with van der Waals surface area (Å²) in [5.74, 6) is 0.261. The van der Waals surface area contributed by atoms with E-state index >= 15 is 0 Å². The lowest BCUT2D eigenvalue weighted by Gasteiger charge is -1.87. The van der Waals surface area contributed by atoms with Crippen LogP contribution >= 0.6 is 23.3 Å². The number of carbonyl (C=O) groups excluding carboxylic acids is 1. The fourth-order valence-electron chi connectivity index (χ4n) is 0.502. The van der Waals surface area contributed by atoms with Crippen molar-refractivity contribution in [1.82, 2.24) is 4.37 Å². The highest BCUT2D eigenvalue weighted by Gasteiger charge is 2.04. The number of aromatic nitrogens is 1. The molecule has 5 heteroatoms. The molecule has 1 heterocycles. The zero-order valence-electron chi connectivity index (χ0n) is 5.40. The molecule has 0 saturated heterocycles. The third-order valence-corrected chi connectivity index (χ3v) is 2.84. The van der Waals surface area contributed by atoms with Crippen molar-refractivity contribution >= 4 is 29.6 Å². The number of rotatable bonds is 3. The van der Waals surface area contributed by atoms with Gasteiger partial charge in [0.05, 0.1) is 21.7 Å². The Morgan fingerprint density at radius 2 is 2.64 bits per heavy atom. The molecule has 55 valence electrons. The summed E-state index contributed by atoms with van der Waals surface area (Å²) in [5.41, 5.74) is 0.537. The van der Waals surface area contributed by atoms with E-state index in [1.54, 1.807) is 6.29 Å². The van der Waals surface area contributed by atoms with Crippen LogP contribution in [0.15, 0.2) is 10.4 Å². The molecule has 0 aromatic carbocycles. The quantitative estimate of drug-likeness (QED) is 0.661. The molecule has 1 aromatic rings. The second-order valence-electron chi connectivity index (χ2n) is 1.57. The first kappa shape index (κ1) is 8.24. The van der Waals surface area contributed by atoms with Crippen LogP contribution in [0.5, 0.6) is 0 Å². The normalized spacial score (nSPS) is 9.00.